The lowest BCUT2D eigenvalue weighted by Crippen LogP contribution is -2.55. The van der Waals surface area contributed by atoms with Crippen LogP contribution in [0.1, 0.15) is 87.0 Å². The van der Waals surface area contributed by atoms with Crippen LogP contribution in [0.2, 0.25) is 0 Å². The number of aliphatic hydroxyl groups is 1. The van der Waals surface area contributed by atoms with Crippen LogP contribution < -0.4 is 0 Å². The maximum atomic E-state index is 11.2. The highest BCUT2D eigenvalue weighted by Crippen LogP contribution is 2.65. The fourth-order valence-corrected chi connectivity index (χ4v) is 8.41. The predicted octanol–water partition coefficient (Wildman–Crippen LogP) is 6.97. The zero-order valence-electron chi connectivity index (χ0n) is 21.6. The quantitative estimate of drug-likeness (QED) is 0.330. The summed E-state index contributed by atoms with van der Waals surface area (Å²) in [6.45, 7) is 20.1. The molecule has 0 saturated heterocycles. The predicted molar refractivity (Wildman–Crippen MR) is 139 cm³/mol. The van der Waals surface area contributed by atoms with Gasteiger partial charge in [-0.25, -0.2) is 0 Å². The minimum atomic E-state index is -0.713. The lowest BCUT2D eigenvalue weighted by Gasteiger charge is -2.61. The van der Waals surface area contributed by atoms with E-state index in [-0.39, 0.29) is 35.2 Å². The second kappa shape index (κ2) is 10.7. The summed E-state index contributed by atoms with van der Waals surface area (Å²) in [5.41, 5.74) is 2.22. The molecule has 3 rings (SSSR count). The fraction of sp³-hybridized carbons (Fsp3) is 0.821. The number of rotatable bonds is 6. The Kier molecular flexibility index (Phi) is 9.25. The first-order valence-electron chi connectivity index (χ1n) is 13.0. The number of hydrogen-bond donors (Lipinski definition) is 2. The molecule has 0 aliphatic heterocycles. The second-order valence-electron chi connectivity index (χ2n) is 11.3. The smallest absolute Gasteiger partial charge is 0.303 e. The molecule has 0 aromatic heterocycles. The molecule has 3 aliphatic carbocycles. The fourth-order valence-electron chi connectivity index (χ4n) is 7.68. The second-order valence-corrected chi connectivity index (χ2v) is 12.0. The van der Waals surface area contributed by atoms with E-state index >= 15 is 0 Å². The molecule has 2 saturated carbocycles. The normalized spacial score (nSPS) is 42.8. The standard InChI is InChI=1S/C26H43O3P.C2H6/c1-7-20(15(2)8-9-23(28)29)26(6)17(4)24-16(3)12-18-13-19(27)10-11-25(18,5)21(24)14-22(26)30;1-2/h7,14-20,22,24,27H,1,8-13,30H2,2-6H3,(H,28,29);1-2H3. The van der Waals surface area contributed by atoms with Crippen molar-refractivity contribution in [3.63, 3.8) is 0 Å². The summed E-state index contributed by atoms with van der Waals surface area (Å²) in [6.07, 6.45) is 9.61. The molecule has 11 atom stereocenters. The Balaban J connectivity index is 0.00000176. The van der Waals surface area contributed by atoms with Crippen molar-refractivity contribution in [1.29, 1.82) is 0 Å². The summed E-state index contributed by atoms with van der Waals surface area (Å²) in [5.74, 6) is 2.08. The van der Waals surface area contributed by atoms with E-state index in [1.54, 1.807) is 5.57 Å². The van der Waals surface area contributed by atoms with Gasteiger partial charge in [-0.1, -0.05) is 66.2 Å². The van der Waals surface area contributed by atoms with Crippen molar-refractivity contribution in [2.75, 3.05) is 0 Å². The van der Waals surface area contributed by atoms with Crippen LogP contribution in [0.3, 0.4) is 0 Å². The third-order valence-electron chi connectivity index (χ3n) is 9.74. The Morgan fingerprint density at radius 1 is 1.31 bits per heavy atom. The van der Waals surface area contributed by atoms with Gasteiger partial charge in [0.1, 0.15) is 0 Å². The molecule has 0 aromatic rings. The first-order valence-corrected chi connectivity index (χ1v) is 13.6. The summed E-state index contributed by atoms with van der Waals surface area (Å²) < 4.78 is 0. The zero-order valence-corrected chi connectivity index (χ0v) is 22.8. The van der Waals surface area contributed by atoms with Gasteiger partial charge < -0.3 is 10.2 Å². The van der Waals surface area contributed by atoms with Crippen molar-refractivity contribution in [3.8, 4) is 0 Å². The van der Waals surface area contributed by atoms with Crippen molar-refractivity contribution in [2.24, 2.45) is 46.3 Å². The van der Waals surface area contributed by atoms with Crippen molar-refractivity contribution >= 4 is 15.2 Å². The Labute approximate surface area is 199 Å². The van der Waals surface area contributed by atoms with Crippen molar-refractivity contribution in [3.05, 3.63) is 24.3 Å². The molecule has 0 spiro atoms. The monoisotopic (exact) mass is 464 g/mol. The maximum absolute atomic E-state index is 11.2. The molecule has 32 heavy (non-hydrogen) atoms. The van der Waals surface area contributed by atoms with Gasteiger partial charge >= 0.3 is 5.97 Å². The topological polar surface area (TPSA) is 57.5 Å². The van der Waals surface area contributed by atoms with Crippen LogP contribution in [-0.4, -0.2) is 27.9 Å². The lowest BCUT2D eigenvalue weighted by atomic mass is 9.45. The van der Waals surface area contributed by atoms with Crippen LogP contribution in [0, 0.1) is 46.3 Å². The molecule has 2 N–H and O–H groups in total. The zero-order chi connectivity index (χ0) is 24.4. The summed E-state index contributed by atoms with van der Waals surface area (Å²) in [4.78, 5) is 11.2. The van der Waals surface area contributed by atoms with Gasteiger partial charge in [0, 0.05) is 6.42 Å². The number of aliphatic hydroxyl groups excluding tert-OH is 1. The van der Waals surface area contributed by atoms with Crippen LogP contribution >= 0.6 is 9.24 Å². The van der Waals surface area contributed by atoms with Crippen LogP contribution in [0.25, 0.3) is 0 Å². The van der Waals surface area contributed by atoms with Crippen molar-refractivity contribution in [2.45, 2.75) is 98.8 Å². The summed E-state index contributed by atoms with van der Waals surface area (Å²) in [7, 11) is 3.13. The summed E-state index contributed by atoms with van der Waals surface area (Å²) in [6, 6.07) is 0. The molecular formula is C28H49O3P. The number of hydrogen-bond acceptors (Lipinski definition) is 2. The van der Waals surface area contributed by atoms with E-state index < -0.39 is 5.97 Å². The highest BCUT2D eigenvalue weighted by atomic mass is 31.0. The maximum Gasteiger partial charge on any atom is 0.303 e. The van der Waals surface area contributed by atoms with Gasteiger partial charge in [0.05, 0.1) is 6.10 Å². The van der Waals surface area contributed by atoms with Crippen molar-refractivity contribution < 1.29 is 15.0 Å². The van der Waals surface area contributed by atoms with E-state index in [1.807, 2.05) is 13.8 Å². The largest absolute Gasteiger partial charge is 0.481 e. The Morgan fingerprint density at radius 3 is 2.50 bits per heavy atom. The SMILES string of the molecule is C=CC(C(C)CCC(=O)O)C1(C)C(P)C=C2C(C(C)CC3CC(O)CCC23C)C1C.CC. The van der Waals surface area contributed by atoms with E-state index in [2.05, 4.69) is 62.6 Å². The molecule has 0 heterocycles. The minimum Gasteiger partial charge on any atom is -0.481 e. The average molecular weight is 465 g/mol. The van der Waals surface area contributed by atoms with E-state index in [0.717, 1.165) is 19.3 Å². The number of carboxylic acids is 1. The first kappa shape index (κ1) is 27.6. The number of carboxylic acid groups (broad SMARTS) is 1. The Bertz CT molecular complexity index is 703. The molecule has 0 amide bonds. The molecule has 11 unspecified atom stereocenters. The first-order chi connectivity index (χ1) is 15.0. The molecule has 184 valence electrons. The number of aliphatic carboxylic acids is 1. The van der Waals surface area contributed by atoms with Crippen molar-refractivity contribution in [1.82, 2.24) is 0 Å². The number of fused-ring (bicyclic) bond motifs is 3. The van der Waals surface area contributed by atoms with Gasteiger partial charge in [0.15, 0.2) is 0 Å². The van der Waals surface area contributed by atoms with E-state index in [1.165, 1.54) is 6.42 Å². The lowest BCUT2D eigenvalue weighted by molar-refractivity contribution is -0.137. The highest BCUT2D eigenvalue weighted by Gasteiger charge is 2.57. The molecule has 4 heteroatoms. The number of carbonyl (C=O) groups is 1. The Morgan fingerprint density at radius 2 is 1.94 bits per heavy atom. The van der Waals surface area contributed by atoms with Crippen LogP contribution in [-0.2, 0) is 4.79 Å². The molecule has 3 aliphatic rings. The third-order valence-corrected chi connectivity index (χ3v) is 10.6. The van der Waals surface area contributed by atoms with Gasteiger partial charge in [-0.3, -0.25) is 4.79 Å². The minimum absolute atomic E-state index is 0.0319. The van der Waals surface area contributed by atoms with Gasteiger partial charge in [0.25, 0.3) is 0 Å². The van der Waals surface area contributed by atoms with Gasteiger partial charge in [-0.15, -0.1) is 15.8 Å². The molecule has 0 bridgehead atoms. The molecule has 2 fully saturated rings. The van der Waals surface area contributed by atoms with Gasteiger partial charge in [-0.05, 0) is 84.1 Å². The summed E-state index contributed by atoms with van der Waals surface area (Å²) >= 11 is 0. The van der Waals surface area contributed by atoms with E-state index in [4.69, 9.17) is 0 Å². The summed E-state index contributed by atoms with van der Waals surface area (Å²) in [5, 5.41) is 19.5. The third kappa shape index (κ3) is 4.76. The van der Waals surface area contributed by atoms with E-state index in [9.17, 15) is 15.0 Å². The highest BCUT2D eigenvalue weighted by molar-refractivity contribution is 7.18. The van der Waals surface area contributed by atoms with Gasteiger partial charge in [0.2, 0.25) is 0 Å². The number of allylic oxidation sites excluding steroid dienone is 3. The Hall–Kier alpha value is -0.660. The molecule has 0 aromatic carbocycles. The molecule has 3 nitrogen and oxygen atoms in total. The molecule has 0 radical (unpaired) electrons. The van der Waals surface area contributed by atoms with Crippen LogP contribution in [0.5, 0.6) is 0 Å². The average Bonchev–Trinajstić information content (AvgIpc) is 2.74. The van der Waals surface area contributed by atoms with Crippen LogP contribution in [0.15, 0.2) is 24.3 Å². The van der Waals surface area contributed by atoms with E-state index in [0.29, 0.717) is 35.8 Å². The van der Waals surface area contributed by atoms with Crippen LogP contribution in [0.4, 0.5) is 0 Å². The molecular weight excluding hydrogens is 415 g/mol. The van der Waals surface area contributed by atoms with Gasteiger partial charge in [-0.2, -0.15) is 0 Å².